The highest BCUT2D eigenvalue weighted by Gasteiger charge is 2.06. The lowest BCUT2D eigenvalue weighted by atomic mass is 10.0. The van der Waals surface area contributed by atoms with Gasteiger partial charge >= 0.3 is 0 Å². The zero-order valence-corrected chi connectivity index (χ0v) is 10.4. The Hall–Kier alpha value is -1.06. The Bertz CT molecular complexity index is 293. The van der Waals surface area contributed by atoms with Crippen molar-refractivity contribution in [3.05, 3.63) is 29.8 Å². The van der Waals surface area contributed by atoms with Crippen molar-refractivity contribution >= 4 is 5.69 Å². The molecule has 16 heavy (non-hydrogen) atoms. The Kier molecular flexibility index (Phi) is 5.29. The summed E-state index contributed by atoms with van der Waals surface area (Å²) in [7, 11) is 0. The van der Waals surface area contributed by atoms with Crippen LogP contribution in [-0.2, 0) is 4.84 Å². The second-order valence-corrected chi connectivity index (χ2v) is 4.00. The van der Waals surface area contributed by atoms with Crippen LogP contribution >= 0.6 is 0 Å². The van der Waals surface area contributed by atoms with Gasteiger partial charge in [-0.3, -0.25) is 0 Å². The van der Waals surface area contributed by atoms with Crippen molar-refractivity contribution in [2.24, 2.45) is 5.90 Å². The van der Waals surface area contributed by atoms with E-state index in [4.69, 9.17) is 5.90 Å². The fourth-order valence-corrected chi connectivity index (χ4v) is 1.84. The van der Waals surface area contributed by atoms with Crippen molar-refractivity contribution in [1.82, 2.24) is 0 Å². The molecular weight excluding hydrogens is 200 g/mol. The van der Waals surface area contributed by atoms with Gasteiger partial charge in [0.2, 0.25) is 0 Å². The number of nitrogens with two attached hydrogens (primary N) is 1. The molecule has 1 aromatic rings. The molecule has 0 aliphatic heterocycles. The van der Waals surface area contributed by atoms with Gasteiger partial charge in [-0.05, 0) is 31.5 Å². The number of benzene rings is 1. The Morgan fingerprint density at radius 3 is 2.19 bits per heavy atom. The molecular formula is C13H22N2O. The van der Waals surface area contributed by atoms with Crippen molar-refractivity contribution < 1.29 is 4.84 Å². The van der Waals surface area contributed by atoms with Gasteiger partial charge in [-0.15, -0.1) is 0 Å². The molecule has 0 bridgehead atoms. The van der Waals surface area contributed by atoms with Gasteiger partial charge in [-0.25, -0.2) is 5.90 Å². The fourth-order valence-electron chi connectivity index (χ4n) is 1.84. The van der Waals surface area contributed by atoms with Crippen molar-refractivity contribution in [3.8, 4) is 0 Å². The van der Waals surface area contributed by atoms with E-state index >= 15 is 0 Å². The maximum absolute atomic E-state index is 5.08. The van der Waals surface area contributed by atoms with Crippen LogP contribution in [0.2, 0.25) is 0 Å². The first-order valence-corrected chi connectivity index (χ1v) is 5.89. The lowest BCUT2D eigenvalue weighted by Gasteiger charge is -2.21. The summed E-state index contributed by atoms with van der Waals surface area (Å²) in [4.78, 5) is 6.99. The van der Waals surface area contributed by atoms with Gasteiger partial charge in [0.25, 0.3) is 0 Å². The summed E-state index contributed by atoms with van der Waals surface area (Å²) in [5.74, 6) is 5.42. The first-order chi connectivity index (χ1) is 7.72. The molecule has 0 saturated heterocycles. The summed E-state index contributed by atoms with van der Waals surface area (Å²) < 4.78 is 0. The summed E-state index contributed by atoms with van der Waals surface area (Å²) in [6.07, 6.45) is 0. The lowest BCUT2D eigenvalue weighted by molar-refractivity contribution is 0.126. The topological polar surface area (TPSA) is 38.5 Å². The van der Waals surface area contributed by atoms with Crippen molar-refractivity contribution in [3.63, 3.8) is 0 Å². The predicted octanol–water partition coefficient (Wildman–Crippen LogP) is 2.53. The van der Waals surface area contributed by atoms with Crippen LogP contribution < -0.4 is 10.8 Å². The number of anilines is 1. The van der Waals surface area contributed by atoms with Crippen LogP contribution in [0.5, 0.6) is 0 Å². The SMILES string of the molecule is CCN(CC)c1ccc(C(C)CON)cc1. The lowest BCUT2D eigenvalue weighted by Crippen LogP contribution is -2.21. The Balaban J connectivity index is 2.74. The Morgan fingerprint density at radius 1 is 1.19 bits per heavy atom. The predicted molar refractivity (Wildman–Crippen MR) is 68.6 cm³/mol. The zero-order valence-electron chi connectivity index (χ0n) is 10.4. The molecule has 3 heteroatoms. The molecule has 0 aromatic heterocycles. The summed E-state index contributed by atoms with van der Waals surface area (Å²) in [6.45, 7) is 9.09. The van der Waals surface area contributed by atoms with E-state index < -0.39 is 0 Å². The van der Waals surface area contributed by atoms with Gasteiger partial charge in [-0.2, -0.15) is 0 Å². The average molecular weight is 222 g/mol. The molecule has 2 N–H and O–H groups in total. The van der Waals surface area contributed by atoms with Crippen molar-refractivity contribution in [1.29, 1.82) is 0 Å². The van der Waals surface area contributed by atoms with E-state index in [-0.39, 0.29) is 0 Å². The smallest absolute Gasteiger partial charge is 0.0745 e. The standard InChI is InChI=1S/C13H22N2O/c1-4-15(5-2)13-8-6-12(7-9-13)11(3)10-16-14/h6-9,11H,4-5,10,14H2,1-3H3. The molecule has 0 spiro atoms. The van der Waals surface area contributed by atoms with E-state index in [1.165, 1.54) is 11.3 Å². The second-order valence-electron chi connectivity index (χ2n) is 4.00. The molecule has 1 rings (SSSR count). The second kappa shape index (κ2) is 6.51. The molecule has 1 aromatic carbocycles. The Labute approximate surface area is 98.2 Å². The molecule has 0 saturated carbocycles. The third-order valence-corrected chi connectivity index (χ3v) is 2.94. The van der Waals surface area contributed by atoms with Crippen LogP contribution in [0.15, 0.2) is 24.3 Å². The van der Waals surface area contributed by atoms with E-state index in [0.717, 1.165) is 13.1 Å². The number of hydrogen-bond donors (Lipinski definition) is 1. The van der Waals surface area contributed by atoms with Crippen molar-refractivity contribution in [2.45, 2.75) is 26.7 Å². The van der Waals surface area contributed by atoms with Gasteiger partial charge in [0.1, 0.15) is 0 Å². The van der Waals surface area contributed by atoms with Crippen LogP contribution in [-0.4, -0.2) is 19.7 Å². The van der Waals surface area contributed by atoms with Gasteiger partial charge in [0, 0.05) is 24.7 Å². The molecule has 0 aliphatic rings. The third-order valence-electron chi connectivity index (χ3n) is 2.94. The molecule has 90 valence electrons. The van der Waals surface area contributed by atoms with Gasteiger partial charge in [-0.1, -0.05) is 19.1 Å². The van der Waals surface area contributed by atoms with Gasteiger partial charge in [0.05, 0.1) is 6.61 Å². The van der Waals surface area contributed by atoms with E-state index in [1.54, 1.807) is 0 Å². The summed E-state index contributed by atoms with van der Waals surface area (Å²) in [6, 6.07) is 8.62. The van der Waals surface area contributed by atoms with E-state index in [1.807, 2.05) is 0 Å². The highest BCUT2D eigenvalue weighted by Crippen LogP contribution is 2.20. The van der Waals surface area contributed by atoms with Gasteiger partial charge in [0.15, 0.2) is 0 Å². The maximum atomic E-state index is 5.08. The fraction of sp³-hybridized carbons (Fsp3) is 0.538. The maximum Gasteiger partial charge on any atom is 0.0745 e. The van der Waals surface area contributed by atoms with Crippen LogP contribution in [0.3, 0.4) is 0 Å². The number of hydrogen-bond acceptors (Lipinski definition) is 3. The molecule has 1 unspecified atom stereocenters. The van der Waals surface area contributed by atoms with E-state index in [0.29, 0.717) is 12.5 Å². The highest BCUT2D eigenvalue weighted by atomic mass is 16.6. The van der Waals surface area contributed by atoms with Crippen LogP contribution in [0.25, 0.3) is 0 Å². The first-order valence-electron chi connectivity index (χ1n) is 5.89. The average Bonchev–Trinajstić information content (AvgIpc) is 2.32. The molecule has 0 heterocycles. The summed E-state index contributed by atoms with van der Waals surface area (Å²) in [5, 5.41) is 0. The number of nitrogens with zero attached hydrogens (tertiary/aromatic N) is 1. The zero-order chi connectivity index (χ0) is 12.0. The van der Waals surface area contributed by atoms with E-state index in [2.05, 4.69) is 54.8 Å². The molecule has 3 nitrogen and oxygen atoms in total. The molecule has 1 atom stereocenters. The first kappa shape index (κ1) is 13.0. The van der Waals surface area contributed by atoms with Crippen molar-refractivity contribution in [2.75, 3.05) is 24.6 Å². The van der Waals surface area contributed by atoms with Crippen LogP contribution in [0, 0.1) is 0 Å². The quantitative estimate of drug-likeness (QED) is 0.752. The van der Waals surface area contributed by atoms with Gasteiger partial charge < -0.3 is 9.74 Å². The minimum Gasteiger partial charge on any atom is -0.372 e. The largest absolute Gasteiger partial charge is 0.372 e. The highest BCUT2D eigenvalue weighted by molar-refractivity contribution is 5.47. The summed E-state index contributed by atoms with van der Waals surface area (Å²) >= 11 is 0. The molecule has 0 fully saturated rings. The molecule has 0 amide bonds. The monoisotopic (exact) mass is 222 g/mol. The molecule has 0 aliphatic carbocycles. The third kappa shape index (κ3) is 3.22. The molecule has 0 radical (unpaired) electrons. The Morgan fingerprint density at radius 2 is 1.75 bits per heavy atom. The summed E-state index contributed by atoms with van der Waals surface area (Å²) in [5.41, 5.74) is 2.54. The minimum absolute atomic E-state index is 0.343. The van der Waals surface area contributed by atoms with Crippen LogP contribution in [0.1, 0.15) is 32.3 Å². The normalized spacial score (nSPS) is 12.5. The minimum atomic E-state index is 0.343. The van der Waals surface area contributed by atoms with Crippen LogP contribution in [0.4, 0.5) is 5.69 Å². The van der Waals surface area contributed by atoms with E-state index in [9.17, 15) is 0 Å². The number of rotatable bonds is 6.